The number of halogens is 1. The van der Waals surface area contributed by atoms with E-state index in [0.717, 1.165) is 5.69 Å². The molecule has 1 heterocycles. The Labute approximate surface area is 145 Å². The van der Waals surface area contributed by atoms with Crippen LogP contribution in [0, 0.1) is 5.92 Å². The van der Waals surface area contributed by atoms with Crippen LogP contribution in [0.4, 0.5) is 0 Å². The van der Waals surface area contributed by atoms with E-state index >= 15 is 0 Å². The zero-order valence-electron chi connectivity index (χ0n) is 13.6. The molecule has 2 rings (SSSR count). The van der Waals surface area contributed by atoms with Crippen LogP contribution in [0.2, 0.25) is 5.02 Å². The lowest BCUT2D eigenvalue weighted by atomic mass is 10.2. The molecule has 0 spiro atoms. The molecule has 1 aromatic carbocycles. The summed E-state index contributed by atoms with van der Waals surface area (Å²) >= 11 is 5.97. The van der Waals surface area contributed by atoms with Gasteiger partial charge in [-0.25, -0.2) is 4.68 Å². The third-order valence-electron chi connectivity index (χ3n) is 3.37. The van der Waals surface area contributed by atoms with Crippen LogP contribution in [0.5, 0.6) is 0 Å². The molecule has 0 aliphatic heterocycles. The quantitative estimate of drug-likeness (QED) is 0.833. The summed E-state index contributed by atoms with van der Waals surface area (Å²) in [6.07, 6.45) is 3.03. The van der Waals surface area contributed by atoms with E-state index in [0.29, 0.717) is 17.1 Å². The fraction of sp³-hybridized carbons (Fsp3) is 0.353. The number of amides is 1. The second-order valence-corrected chi connectivity index (χ2v) is 6.38. The molecule has 0 fully saturated rings. The van der Waals surface area contributed by atoms with Gasteiger partial charge in [0.05, 0.1) is 23.9 Å². The number of aromatic nitrogens is 2. The van der Waals surface area contributed by atoms with Crippen LogP contribution in [-0.2, 0) is 4.79 Å². The van der Waals surface area contributed by atoms with E-state index in [9.17, 15) is 9.59 Å². The third-order valence-corrected chi connectivity index (χ3v) is 3.61. The summed E-state index contributed by atoms with van der Waals surface area (Å²) in [5.74, 6) is -0.907. The summed E-state index contributed by atoms with van der Waals surface area (Å²) in [6.45, 7) is 4.63. The molecule has 0 radical (unpaired) electrons. The highest BCUT2D eigenvalue weighted by molar-refractivity contribution is 6.30. The Bertz CT molecular complexity index is 727. The molecule has 1 aromatic heterocycles. The number of rotatable bonds is 7. The van der Waals surface area contributed by atoms with Crippen molar-refractivity contribution in [2.24, 2.45) is 5.92 Å². The summed E-state index contributed by atoms with van der Waals surface area (Å²) in [4.78, 5) is 25.0. The van der Waals surface area contributed by atoms with Gasteiger partial charge in [-0.3, -0.25) is 9.59 Å². The van der Waals surface area contributed by atoms with E-state index in [2.05, 4.69) is 5.10 Å². The Kier molecular flexibility index (Phi) is 5.98. The van der Waals surface area contributed by atoms with Crippen molar-refractivity contribution in [2.75, 3.05) is 13.1 Å². The standard InChI is InChI=1S/C17H20ClN3O3/c1-12(2)10-20(7-6-16(22)23)17(24)13-9-19-21(11-13)15-5-3-4-14(18)8-15/h3-5,8-9,11-12H,6-7,10H2,1-2H3,(H,22,23). The zero-order chi connectivity index (χ0) is 17.7. The predicted molar refractivity (Wildman–Crippen MR) is 91.6 cm³/mol. The zero-order valence-corrected chi connectivity index (χ0v) is 14.4. The molecule has 128 valence electrons. The Morgan fingerprint density at radius 1 is 1.38 bits per heavy atom. The van der Waals surface area contributed by atoms with Crippen molar-refractivity contribution in [1.82, 2.24) is 14.7 Å². The maximum Gasteiger partial charge on any atom is 0.305 e. The molecule has 6 nitrogen and oxygen atoms in total. The van der Waals surface area contributed by atoms with Crippen LogP contribution >= 0.6 is 11.6 Å². The third kappa shape index (κ3) is 4.83. The monoisotopic (exact) mass is 349 g/mol. The summed E-state index contributed by atoms with van der Waals surface area (Å²) in [6, 6.07) is 7.15. The van der Waals surface area contributed by atoms with E-state index in [-0.39, 0.29) is 24.8 Å². The minimum absolute atomic E-state index is 0.0825. The SMILES string of the molecule is CC(C)CN(CCC(=O)O)C(=O)c1cnn(-c2cccc(Cl)c2)c1. The van der Waals surface area contributed by atoms with E-state index < -0.39 is 5.97 Å². The molecule has 0 saturated carbocycles. The lowest BCUT2D eigenvalue weighted by molar-refractivity contribution is -0.137. The number of carboxylic acid groups (broad SMARTS) is 1. The first-order chi connectivity index (χ1) is 11.4. The molecular weight excluding hydrogens is 330 g/mol. The molecule has 7 heteroatoms. The van der Waals surface area contributed by atoms with Crippen molar-refractivity contribution in [1.29, 1.82) is 0 Å². The van der Waals surface area contributed by atoms with Crippen LogP contribution < -0.4 is 0 Å². The van der Waals surface area contributed by atoms with E-state index in [1.54, 1.807) is 34.0 Å². The average molecular weight is 350 g/mol. The maximum absolute atomic E-state index is 12.7. The minimum atomic E-state index is -0.925. The number of carboxylic acids is 1. The first kappa shape index (κ1) is 18.0. The summed E-state index contributed by atoms with van der Waals surface area (Å²) in [7, 11) is 0. The van der Waals surface area contributed by atoms with Gasteiger partial charge in [0.1, 0.15) is 0 Å². The van der Waals surface area contributed by atoms with Gasteiger partial charge in [0, 0.05) is 24.3 Å². The van der Waals surface area contributed by atoms with Gasteiger partial charge in [-0.15, -0.1) is 0 Å². The molecule has 0 aliphatic rings. The number of benzene rings is 1. The van der Waals surface area contributed by atoms with E-state index in [1.165, 1.54) is 6.20 Å². The number of aliphatic carboxylic acids is 1. The molecule has 0 bridgehead atoms. The van der Waals surface area contributed by atoms with Crippen molar-refractivity contribution in [2.45, 2.75) is 20.3 Å². The van der Waals surface area contributed by atoms with Gasteiger partial charge in [0.15, 0.2) is 0 Å². The van der Waals surface area contributed by atoms with Crippen LogP contribution in [0.1, 0.15) is 30.6 Å². The van der Waals surface area contributed by atoms with Gasteiger partial charge in [-0.2, -0.15) is 5.10 Å². The van der Waals surface area contributed by atoms with Crippen molar-refractivity contribution >= 4 is 23.5 Å². The Balaban J connectivity index is 2.19. The molecule has 1 N–H and O–H groups in total. The van der Waals surface area contributed by atoms with Gasteiger partial charge in [-0.05, 0) is 24.1 Å². The molecule has 24 heavy (non-hydrogen) atoms. The lowest BCUT2D eigenvalue weighted by Gasteiger charge is -2.23. The highest BCUT2D eigenvalue weighted by atomic mass is 35.5. The summed E-state index contributed by atoms with van der Waals surface area (Å²) in [5.41, 5.74) is 1.17. The molecule has 0 atom stereocenters. The van der Waals surface area contributed by atoms with Crippen molar-refractivity contribution in [3.8, 4) is 5.69 Å². The molecule has 0 saturated heterocycles. The number of carbonyl (C=O) groups is 2. The predicted octanol–water partition coefficient (Wildman–Crippen LogP) is 3.10. The number of hydrogen-bond acceptors (Lipinski definition) is 3. The highest BCUT2D eigenvalue weighted by Gasteiger charge is 2.19. The van der Waals surface area contributed by atoms with Crippen LogP contribution in [0.15, 0.2) is 36.7 Å². The first-order valence-electron chi connectivity index (χ1n) is 7.68. The van der Waals surface area contributed by atoms with Gasteiger partial charge >= 0.3 is 5.97 Å². The lowest BCUT2D eigenvalue weighted by Crippen LogP contribution is -2.35. The second kappa shape index (κ2) is 7.97. The van der Waals surface area contributed by atoms with Crippen molar-refractivity contribution in [3.05, 3.63) is 47.2 Å². The Hall–Kier alpha value is -2.34. The van der Waals surface area contributed by atoms with E-state index in [1.807, 2.05) is 19.9 Å². The number of carbonyl (C=O) groups excluding carboxylic acids is 1. The molecule has 2 aromatic rings. The summed E-state index contributed by atoms with van der Waals surface area (Å²) in [5, 5.41) is 13.6. The number of hydrogen-bond donors (Lipinski definition) is 1. The molecule has 0 unspecified atom stereocenters. The maximum atomic E-state index is 12.7. The van der Waals surface area contributed by atoms with Gasteiger partial charge in [0.25, 0.3) is 5.91 Å². The van der Waals surface area contributed by atoms with Gasteiger partial charge in [0.2, 0.25) is 0 Å². The average Bonchev–Trinajstić information content (AvgIpc) is 3.00. The fourth-order valence-electron chi connectivity index (χ4n) is 2.32. The number of nitrogens with zero attached hydrogens (tertiary/aromatic N) is 3. The van der Waals surface area contributed by atoms with Crippen LogP contribution in [0.25, 0.3) is 5.69 Å². The topological polar surface area (TPSA) is 75.4 Å². The summed E-state index contributed by atoms with van der Waals surface area (Å²) < 4.78 is 1.57. The van der Waals surface area contributed by atoms with Crippen LogP contribution in [0.3, 0.4) is 0 Å². The van der Waals surface area contributed by atoms with Gasteiger partial charge in [-0.1, -0.05) is 31.5 Å². The molecule has 0 aliphatic carbocycles. The van der Waals surface area contributed by atoms with E-state index in [4.69, 9.17) is 16.7 Å². The Morgan fingerprint density at radius 3 is 2.75 bits per heavy atom. The largest absolute Gasteiger partial charge is 0.481 e. The highest BCUT2D eigenvalue weighted by Crippen LogP contribution is 2.16. The van der Waals surface area contributed by atoms with Crippen molar-refractivity contribution < 1.29 is 14.7 Å². The first-order valence-corrected chi connectivity index (χ1v) is 8.06. The second-order valence-electron chi connectivity index (χ2n) is 5.94. The smallest absolute Gasteiger partial charge is 0.305 e. The fourth-order valence-corrected chi connectivity index (χ4v) is 2.51. The van der Waals surface area contributed by atoms with Crippen molar-refractivity contribution in [3.63, 3.8) is 0 Å². The normalized spacial score (nSPS) is 10.8. The van der Waals surface area contributed by atoms with Crippen LogP contribution in [-0.4, -0.2) is 44.8 Å². The molecular formula is C17H20ClN3O3. The van der Waals surface area contributed by atoms with Gasteiger partial charge < -0.3 is 10.0 Å². The minimum Gasteiger partial charge on any atom is -0.481 e. The molecule has 1 amide bonds. The Morgan fingerprint density at radius 2 is 2.12 bits per heavy atom.